The standard InChI is InChI=1S/C22H25N5O2/c1-2-3-11-25-12-14-26(15-13-25)16-20(28)27-19-9-5-4-7-17(19)22(29)24-18-8-6-10-23-21(18)27/h2-10H,11-16H2,1H3,(H,24,29)/b3-2+. The van der Waals surface area contributed by atoms with Crippen molar-refractivity contribution in [2.75, 3.05) is 49.5 Å². The lowest BCUT2D eigenvalue weighted by atomic mass is 10.1. The molecule has 2 aromatic rings. The molecule has 2 aliphatic rings. The van der Waals surface area contributed by atoms with Gasteiger partial charge in [0.15, 0.2) is 5.82 Å². The zero-order valence-electron chi connectivity index (χ0n) is 16.5. The third-order valence-corrected chi connectivity index (χ3v) is 5.31. The minimum atomic E-state index is -0.234. The molecule has 0 bridgehead atoms. The van der Waals surface area contributed by atoms with Crippen molar-refractivity contribution in [1.82, 2.24) is 14.8 Å². The van der Waals surface area contributed by atoms with Crippen molar-refractivity contribution in [2.24, 2.45) is 0 Å². The van der Waals surface area contributed by atoms with Gasteiger partial charge in [0.1, 0.15) is 0 Å². The van der Waals surface area contributed by atoms with E-state index in [0.29, 0.717) is 22.8 Å². The molecule has 1 N–H and O–H groups in total. The largest absolute Gasteiger partial charge is 0.319 e. The first-order chi connectivity index (χ1) is 14.2. The van der Waals surface area contributed by atoms with Gasteiger partial charge in [-0.3, -0.25) is 24.3 Å². The number of carbonyl (C=O) groups excluding carboxylic acids is 2. The Labute approximate surface area is 170 Å². The van der Waals surface area contributed by atoms with Crippen molar-refractivity contribution in [1.29, 1.82) is 0 Å². The lowest BCUT2D eigenvalue weighted by molar-refractivity contribution is -0.119. The van der Waals surface area contributed by atoms with E-state index in [9.17, 15) is 9.59 Å². The lowest BCUT2D eigenvalue weighted by Crippen LogP contribution is -2.49. The highest BCUT2D eigenvalue weighted by Crippen LogP contribution is 2.36. The molecule has 1 fully saturated rings. The highest BCUT2D eigenvalue weighted by Gasteiger charge is 2.31. The van der Waals surface area contributed by atoms with Gasteiger partial charge in [-0.05, 0) is 31.2 Å². The number of anilines is 3. The van der Waals surface area contributed by atoms with Gasteiger partial charge >= 0.3 is 0 Å². The van der Waals surface area contributed by atoms with Crippen LogP contribution in [0.4, 0.5) is 17.2 Å². The van der Waals surface area contributed by atoms with Crippen LogP contribution in [-0.4, -0.2) is 65.9 Å². The Balaban J connectivity index is 1.57. The van der Waals surface area contributed by atoms with Crippen LogP contribution < -0.4 is 10.2 Å². The topological polar surface area (TPSA) is 68.8 Å². The Hall–Kier alpha value is -3.03. The van der Waals surface area contributed by atoms with Crippen LogP contribution in [0.25, 0.3) is 0 Å². The minimum Gasteiger partial charge on any atom is -0.319 e. The summed E-state index contributed by atoms with van der Waals surface area (Å²) in [6.45, 7) is 6.81. The number of rotatable bonds is 4. The monoisotopic (exact) mass is 391 g/mol. The van der Waals surface area contributed by atoms with E-state index >= 15 is 0 Å². The normalized spacial score (nSPS) is 17.6. The Morgan fingerprint density at radius 3 is 2.66 bits per heavy atom. The van der Waals surface area contributed by atoms with Crippen LogP contribution >= 0.6 is 0 Å². The second-order valence-corrected chi connectivity index (χ2v) is 7.22. The van der Waals surface area contributed by atoms with E-state index in [1.165, 1.54) is 0 Å². The third kappa shape index (κ3) is 4.06. The molecular formula is C22H25N5O2. The Bertz CT molecular complexity index is 934. The van der Waals surface area contributed by atoms with Crippen LogP contribution in [0.5, 0.6) is 0 Å². The maximum Gasteiger partial charge on any atom is 0.257 e. The smallest absolute Gasteiger partial charge is 0.257 e. The molecule has 3 heterocycles. The molecule has 2 aliphatic heterocycles. The first-order valence-corrected chi connectivity index (χ1v) is 9.91. The summed E-state index contributed by atoms with van der Waals surface area (Å²) >= 11 is 0. The predicted molar refractivity (Wildman–Crippen MR) is 113 cm³/mol. The summed E-state index contributed by atoms with van der Waals surface area (Å²) in [5.74, 6) is 0.140. The number of nitrogens with one attached hydrogen (secondary N) is 1. The van der Waals surface area contributed by atoms with Crippen LogP contribution in [0.3, 0.4) is 0 Å². The summed E-state index contributed by atoms with van der Waals surface area (Å²) < 4.78 is 0. The molecule has 0 radical (unpaired) electrons. The number of fused-ring (bicyclic) bond motifs is 2. The van der Waals surface area contributed by atoms with Crippen molar-refractivity contribution in [3.63, 3.8) is 0 Å². The summed E-state index contributed by atoms with van der Waals surface area (Å²) in [6, 6.07) is 10.7. The van der Waals surface area contributed by atoms with Gasteiger partial charge in [-0.2, -0.15) is 0 Å². The van der Waals surface area contributed by atoms with Crippen molar-refractivity contribution >= 4 is 29.0 Å². The zero-order valence-corrected chi connectivity index (χ0v) is 16.5. The van der Waals surface area contributed by atoms with Crippen LogP contribution in [0.1, 0.15) is 17.3 Å². The number of hydrogen-bond donors (Lipinski definition) is 1. The summed E-state index contributed by atoms with van der Waals surface area (Å²) in [4.78, 5) is 36.6. The number of pyridine rings is 1. The van der Waals surface area contributed by atoms with E-state index in [0.717, 1.165) is 32.7 Å². The van der Waals surface area contributed by atoms with Crippen molar-refractivity contribution in [3.05, 3.63) is 60.3 Å². The van der Waals surface area contributed by atoms with Gasteiger partial charge in [0.2, 0.25) is 5.91 Å². The molecule has 2 amide bonds. The van der Waals surface area contributed by atoms with Crippen LogP contribution in [0.2, 0.25) is 0 Å². The van der Waals surface area contributed by atoms with E-state index in [1.54, 1.807) is 41.4 Å². The van der Waals surface area contributed by atoms with Crippen LogP contribution in [0, 0.1) is 0 Å². The third-order valence-electron chi connectivity index (χ3n) is 5.31. The quantitative estimate of drug-likeness (QED) is 0.811. The molecule has 1 aromatic heterocycles. The molecule has 0 saturated carbocycles. The fourth-order valence-corrected chi connectivity index (χ4v) is 3.74. The van der Waals surface area contributed by atoms with Gasteiger partial charge in [-0.1, -0.05) is 24.3 Å². The second kappa shape index (κ2) is 8.55. The van der Waals surface area contributed by atoms with Crippen molar-refractivity contribution < 1.29 is 9.59 Å². The Kier molecular flexibility index (Phi) is 5.69. The van der Waals surface area contributed by atoms with E-state index in [4.69, 9.17) is 0 Å². The molecule has 4 rings (SSSR count). The Morgan fingerprint density at radius 1 is 1.10 bits per heavy atom. The molecule has 1 aromatic carbocycles. The highest BCUT2D eigenvalue weighted by atomic mass is 16.2. The van der Waals surface area contributed by atoms with E-state index in [-0.39, 0.29) is 18.4 Å². The average Bonchev–Trinajstić information content (AvgIpc) is 2.87. The zero-order chi connectivity index (χ0) is 20.2. The molecule has 0 atom stereocenters. The molecule has 7 nitrogen and oxygen atoms in total. The number of aromatic nitrogens is 1. The van der Waals surface area contributed by atoms with Crippen molar-refractivity contribution in [3.8, 4) is 0 Å². The number of amides is 2. The first kappa shape index (κ1) is 19.3. The average molecular weight is 391 g/mol. The molecule has 0 spiro atoms. The number of carbonyl (C=O) groups is 2. The molecule has 0 unspecified atom stereocenters. The molecule has 0 aliphatic carbocycles. The van der Waals surface area contributed by atoms with E-state index in [1.807, 2.05) is 13.0 Å². The Morgan fingerprint density at radius 2 is 1.86 bits per heavy atom. The first-order valence-electron chi connectivity index (χ1n) is 9.91. The lowest BCUT2D eigenvalue weighted by Gasteiger charge is -2.34. The van der Waals surface area contributed by atoms with Gasteiger partial charge < -0.3 is 5.32 Å². The summed E-state index contributed by atoms with van der Waals surface area (Å²) in [5, 5.41) is 2.87. The number of allylic oxidation sites excluding steroid dienone is 1. The molecule has 29 heavy (non-hydrogen) atoms. The highest BCUT2D eigenvalue weighted by molar-refractivity contribution is 6.17. The predicted octanol–water partition coefficient (Wildman–Crippen LogP) is 2.51. The van der Waals surface area contributed by atoms with Crippen molar-refractivity contribution in [2.45, 2.75) is 6.92 Å². The number of benzene rings is 1. The summed E-state index contributed by atoms with van der Waals surface area (Å²) in [6.07, 6.45) is 5.85. The minimum absolute atomic E-state index is 0.0872. The number of piperazine rings is 1. The van der Waals surface area contributed by atoms with Gasteiger partial charge in [-0.15, -0.1) is 0 Å². The van der Waals surface area contributed by atoms with Gasteiger partial charge in [0, 0.05) is 38.9 Å². The maximum absolute atomic E-state index is 13.4. The second-order valence-electron chi connectivity index (χ2n) is 7.22. The van der Waals surface area contributed by atoms with E-state index < -0.39 is 0 Å². The molecule has 150 valence electrons. The van der Waals surface area contributed by atoms with Gasteiger partial charge in [0.25, 0.3) is 5.91 Å². The SMILES string of the molecule is C/C=C/CN1CCN(CC(=O)N2c3ccccc3C(=O)Nc3cccnc32)CC1. The number of hydrogen-bond acceptors (Lipinski definition) is 5. The number of para-hydroxylation sites is 1. The fourth-order valence-electron chi connectivity index (χ4n) is 3.74. The fraction of sp³-hybridized carbons (Fsp3) is 0.318. The van der Waals surface area contributed by atoms with Crippen LogP contribution in [0.15, 0.2) is 54.7 Å². The number of nitrogens with zero attached hydrogens (tertiary/aromatic N) is 4. The van der Waals surface area contributed by atoms with Gasteiger partial charge in [-0.25, -0.2) is 4.98 Å². The maximum atomic E-state index is 13.4. The summed E-state index contributed by atoms with van der Waals surface area (Å²) in [7, 11) is 0. The van der Waals surface area contributed by atoms with Crippen LogP contribution in [-0.2, 0) is 4.79 Å². The van der Waals surface area contributed by atoms with Gasteiger partial charge in [0.05, 0.1) is 23.5 Å². The van der Waals surface area contributed by atoms with E-state index in [2.05, 4.69) is 32.3 Å². The molecule has 7 heteroatoms. The molecule has 1 saturated heterocycles. The summed E-state index contributed by atoms with van der Waals surface area (Å²) in [5.41, 5.74) is 1.58. The molecular weight excluding hydrogens is 366 g/mol.